The average molecular weight is 330 g/mol. The second kappa shape index (κ2) is 8.57. The predicted molar refractivity (Wildman–Crippen MR) is 92.0 cm³/mol. The molecule has 5 heteroatoms. The van der Waals surface area contributed by atoms with Gasteiger partial charge in [-0.25, -0.2) is 4.39 Å². The number of rotatable bonds is 7. The molecule has 128 valence electrons. The molecule has 0 aliphatic carbocycles. The Kier molecular flexibility index (Phi) is 6.46. The van der Waals surface area contributed by atoms with E-state index in [1.54, 1.807) is 6.07 Å². The first-order valence-corrected chi connectivity index (χ1v) is 7.89. The van der Waals surface area contributed by atoms with Gasteiger partial charge < -0.3 is 10.4 Å². The van der Waals surface area contributed by atoms with Crippen LogP contribution in [0.2, 0.25) is 0 Å². The number of aliphatic hydroxyl groups is 1. The highest BCUT2D eigenvalue weighted by Gasteiger charge is 2.22. The number of carbonyl (C=O) groups excluding carboxylic acids is 1. The lowest BCUT2D eigenvalue weighted by molar-refractivity contribution is -0.126. The standard InChI is InChI=1S/C19H23FN2O2/c1-22(2)17(11-14-7-4-3-5-8-14)19(24)21-13-18(23)15-9-6-10-16(20)12-15/h3-10,12,17-18,23H,11,13H2,1-2H3,(H,21,24). The summed E-state index contributed by atoms with van der Waals surface area (Å²) in [6.07, 6.45) is -0.361. The lowest BCUT2D eigenvalue weighted by Gasteiger charge is -2.24. The van der Waals surface area contributed by atoms with E-state index in [1.807, 2.05) is 49.3 Å². The number of carbonyl (C=O) groups is 1. The Labute approximate surface area is 141 Å². The van der Waals surface area contributed by atoms with Crippen LogP contribution in [0.3, 0.4) is 0 Å². The maximum Gasteiger partial charge on any atom is 0.237 e. The summed E-state index contributed by atoms with van der Waals surface area (Å²) in [5, 5.41) is 12.9. The molecular weight excluding hydrogens is 307 g/mol. The molecule has 2 rings (SSSR count). The van der Waals surface area contributed by atoms with Crippen LogP contribution in [-0.4, -0.2) is 42.6 Å². The first-order chi connectivity index (χ1) is 11.5. The highest BCUT2D eigenvalue weighted by Crippen LogP contribution is 2.13. The molecule has 4 nitrogen and oxygen atoms in total. The molecule has 0 aliphatic heterocycles. The minimum Gasteiger partial charge on any atom is -0.387 e. The zero-order valence-corrected chi connectivity index (χ0v) is 13.9. The maximum absolute atomic E-state index is 13.2. The SMILES string of the molecule is CN(C)C(Cc1ccccc1)C(=O)NCC(O)c1cccc(F)c1. The molecule has 0 saturated carbocycles. The number of nitrogens with zero attached hydrogens (tertiary/aromatic N) is 1. The molecule has 24 heavy (non-hydrogen) atoms. The molecule has 0 heterocycles. The molecule has 0 fully saturated rings. The molecule has 0 radical (unpaired) electrons. The van der Waals surface area contributed by atoms with Gasteiger partial charge in [0.15, 0.2) is 0 Å². The Morgan fingerprint density at radius 3 is 2.50 bits per heavy atom. The molecule has 0 spiro atoms. The number of halogens is 1. The van der Waals surface area contributed by atoms with Crippen LogP contribution in [0.1, 0.15) is 17.2 Å². The van der Waals surface area contributed by atoms with Gasteiger partial charge in [-0.2, -0.15) is 0 Å². The van der Waals surface area contributed by atoms with Crippen molar-refractivity contribution in [1.82, 2.24) is 10.2 Å². The van der Waals surface area contributed by atoms with Crippen molar-refractivity contribution in [3.63, 3.8) is 0 Å². The number of hydrogen-bond donors (Lipinski definition) is 2. The lowest BCUT2D eigenvalue weighted by Crippen LogP contribution is -2.45. The van der Waals surface area contributed by atoms with E-state index in [0.29, 0.717) is 12.0 Å². The van der Waals surface area contributed by atoms with Gasteiger partial charge >= 0.3 is 0 Å². The number of amides is 1. The van der Waals surface area contributed by atoms with Crippen molar-refractivity contribution >= 4 is 5.91 Å². The maximum atomic E-state index is 13.2. The Bertz CT molecular complexity index is 661. The van der Waals surface area contributed by atoms with Crippen molar-refractivity contribution in [3.8, 4) is 0 Å². The van der Waals surface area contributed by atoms with Crippen LogP contribution in [0.4, 0.5) is 4.39 Å². The van der Waals surface area contributed by atoms with Gasteiger partial charge in [0.05, 0.1) is 12.1 Å². The second-order valence-electron chi connectivity index (χ2n) is 5.99. The Morgan fingerprint density at radius 2 is 1.88 bits per heavy atom. The van der Waals surface area contributed by atoms with Crippen molar-refractivity contribution in [2.75, 3.05) is 20.6 Å². The van der Waals surface area contributed by atoms with Gasteiger partial charge in [0.25, 0.3) is 0 Å². The van der Waals surface area contributed by atoms with E-state index in [-0.39, 0.29) is 18.5 Å². The predicted octanol–water partition coefficient (Wildman–Crippen LogP) is 2.15. The summed E-state index contributed by atoms with van der Waals surface area (Å²) in [6.45, 7) is 0.0431. The third-order valence-electron chi connectivity index (χ3n) is 3.90. The van der Waals surface area contributed by atoms with Gasteiger partial charge in [0, 0.05) is 6.54 Å². The van der Waals surface area contributed by atoms with Crippen LogP contribution in [0.15, 0.2) is 54.6 Å². The van der Waals surface area contributed by atoms with E-state index in [0.717, 1.165) is 5.56 Å². The molecule has 2 N–H and O–H groups in total. The van der Waals surface area contributed by atoms with Gasteiger partial charge in [0.1, 0.15) is 5.82 Å². The van der Waals surface area contributed by atoms with Crippen LogP contribution in [0.25, 0.3) is 0 Å². The van der Waals surface area contributed by atoms with Gasteiger partial charge in [-0.3, -0.25) is 9.69 Å². The molecule has 2 unspecified atom stereocenters. The number of likely N-dealkylation sites (N-methyl/N-ethyl adjacent to an activating group) is 1. The quantitative estimate of drug-likeness (QED) is 0.818. The number of nitrogens with one attached hydrogen (secondary N) is 1. The Hall–Kier alpha value is -2.24. The highest BCUT2D eigenvalue weighted by molar-refractivity contribution is 5.82. The van der Waals surface area contributed by atoms with Gasteiger partial charge in [0.2, 0.25) is 5.91 Å². The summed E-state index contributed by atoms with van der Waals surface area (Å²) in [5.74, 6) is -0.576. The number of benzene rings is 2. The molecule has 0 aromatic heterocycles. The van der Waals surface area contributed by atoms with Crippen molar-refractivity contribution in [1.29, 1.82) is 0 Å². The summed E-state index contributed by atoms with van der Waals surface area (Å²) < 4.78 is 13.2. The van der Waals surface area contributed by atoms with Crippen molar-refractivity contribution in [2.24, 2.45) is 0 Å². The van der Waals surface area contributed by atoms with Gasteiger partial charge in [-0.05, 0) is 43.8 Å². The van der Waals surface area contributed by atoms with Crippen molar-refractivity contribution in [3.05, 3.63) is 71.5 Å². The molecule has 2 aromatic carbocycles. The van der Waals surface area contributed by atoms with E-state index < -0.39 is 11.9 Å². The summed E-state index contributed by atoms with van der Waals surface area (Å²) in [4.78, 5) is 14.3. The zero-order chi connectivity index (χ0) is 17.5. The average Bonchev–Trinajstić information content (AvgIpc) is 2.58. The topological polar surface area (TPSA) is 52.6 Å². The van der Waals surface area contributed by atoms with Crippen LogP contribution in [-0.2, 0) is 11.2 Å². The van der Waals surface area contributed by atoms with E-state index in [2.05, 4.69) is 5.32 Å². The largest absolute Gasteiger partial charge is 0.387 e. The third kappa shape index (κ3) is 5.15. The first-order valence-electron chi connectivity index (χ1n) is 7.89. The molecule has 2 atom stereocenters. The summed E-state index contributed by atoms with van der Waals surface area (Å²) in [7, 11) is 3.69. The summed E-state index contributed by atoms with van der Waals surface area (Å²) in [6, 6.07) is 15.2. The van der Waals surface area contributed by atoms with E-state index in [1.165, 1.54) is 18.2 Å². The smallest absolute Gasteiger partial charge is 0.237 e. The molecule has 0 aliphatic rings. The van der Waals surface area contributed by atoms with Crippen LogP contribution in [0, 0.1) is 5.82 Å². The monoisotopic (exact) mass is 330 g/mol. The Balaban J connectivity index is 1.95. The third-order valence-corrected chi connectivity index (χ3v) is 3.90. The van der Waals surface area contributed by atoms with E-state index >= 15 is 0 Å². The van der Waals surface area contributed by atoms with Crippen LogP contribution >= 0.6 is 0 Å². The van der Waals surface area contributed by atoms with E-state index in [4.69, 9.17) is 0 Å². The van der Waals surface area contributed by atoms with Gasteiger partial charge in [-0.15, -0.1) is 0 Å². The van der Waals surface area contributed by atoms with Crippen LogP contribution < -0.4 is 5.32 Å². The molecule has 1 amide bonds. The van der Waals surface area contributed by atoms with Gasteiger partial charge in [-0.1, -0.05) is 42.5 Å². The highest BCUT2D eigenvalue weighted by atomic mass is 19.1. The zero-order valence-electron chi connectivity index (χ0n) is 13.9. The van der Waals surface area contributed by atoms with Crippen molar-refractivity contribution < 1.29 is 14.3 Å². The molecular formula is C19H23FN2O2. The van der Waals surface area contributed by atoms with E-state index in [9.17, 15) is 14.3 Å². The molecule has 0 bridgehead atoms. The van der Waals surface area contributed by atoms with Crippen molar-refractivity contribution in [2.45, 2.75) is 18.6 Å². The number of hydrogen-bond acceptors (Lipinski definition) is 3. The fourth-order valence-electron chi connectivity index (χ4n) is 2.49. The number of aliphatic hydroxyl groups excluding tert-OH is 1. The normalized spacial score (nSPS) is 13.5. The molecule has 0 saturated heterocycles. The lowest BCUT2D eigenvalue weighted by atomic mass is 10.0. The second-order valence-corrected chi connectivity index (χ2v) is 5.99. The summed E-state index contributed by atoms with van der Waals surface area (Å²) >= 11 is 0. The Morgan fingerprint density at radius 1 is 1.17 bits per heavy atom. The fraction of sp³-hybridized carbons (Fsp3) is 0.316. The molecule has 2 aromatic rings. The summed E-state index contributed by atoms with van der Waals surface area (Å²) in [5.41, 5.74) is 1.51. The minimum atomic E-state index is -0.941. The minimum absolute atomic E-state index is 0.0431. The van der Waals surface area contributed by atoms with Crippen LogP contribution in [0.5, 0.6) is 0 Å². The fourth-order valence-corrected chi connectivity index (χ4v) is 2.49. The first kappa shape index (κ1) is 18.1.